The summed E-state index contributed by atoms with van der Waals surface area (Å²) in [5, 5.41) is 10.3. The van der Waals surface area contributed by atoms with Gasteiger partial charge in [0.15, 0.2) is 0 Å². The smallest absolute Gasteiger partial charge is 0.0750 e. The lowest BCUT2D eigenvalue weighted by atomic mass is 10.00. The fourth-order valence-corrected chi connectivity index (χ4v) is 2.76. The quantitative estimate of drug-likeness (QED) is 0.376. The summed E-state index contributed by atoms with van der Waals surface area (Å²) in [6.07, 6.45) is 11.0. The number of unbranched alkanes of at least 4 members (excludes halogenated alkanes) is 5. The van der Waals surface area contributed by atoms with Crippen molar-refractivity contribution in [2.45, 2.75) is 77.9 Å². The van der Waals surface area contributed by atoms with Crippen LogP contribution in [-0.2, 0) is 11.3 Å². The van der Waals surface area contributed by atoms with Crippen LogP contribution in [0.15, 0.2) is 42.0 Å². The Bertz CT molecular complexity index is 411. The SMILES string of the molecule is C/C=C(\CCOCc1ccccc1)C(O)CCCCCCCC. The molecule has 1 unspecified atom stereocenters. The van der Waals surface area contributed by atoms with Gasteiger partial charge in [0.05, 0.1) is 19.3 Å². The molecular formula is C21H34O2. The van der Waals surface area contributed by atoms with Crippen LogP contribution in [-0.4, -0.2) is 17.8 Å². The molecule has 130 valence electrons. The molecule has 0 aliphatic rings. The first-order valence-corrected chi connectivity index (χ1v) is 9.22. The van der Waals surface area contributed by atoms with E-state index in [9.17, 15) is 5.11 Å². The van der Waals surface area contributed by atoms with E-state index in [1.807, 2.05) is 31.2 Å². The second kappa shape index (κ2) is 13.3. The first kappa shape index (κ1) is 19.9. The van der Waals surface area contributed by atoms with E-state index in [2.05, 4.69) is 19.1 Å². The number of hydrogen-bond donors (Lipinski definition) is 1. The zero-order valence-electron chi connectivity index (χ0n) is 15.0. The van der Waals surface area contributed by atoms with Gasteiger partial charge in [-0.25, -0.2) is 0 Å². The first-order valence-electron chi connectivity index (χ1n) is 9.22. The molecule has 1 aromatic carbocycles. The maximum Gasteiger partial charge on any atom is 0.0750 e. The molecule has 23 heavy (non-hydrogen) atoms. The Labute approximate surface area is 142 Å². The summed E-state index contributed by atoms with van der Waals surface area (Å²) in [6, 6.07) is 10.2. The van der Waals surface area contributed by atoms with Crippen LogP contribution in [0.3, 0.4) is 0 Å². The van der Waals surface area contributed by atoms with Gasteiger partial charge in [-0.15, -0.1) is 0 Å². The van der Waals surface area contributed by atoms with Gasteiger partial charge in [-0.1, -0.05) is 81.9 Å². The standard InChI is InChI=1S/C21H34O2/c1-3-5-6-7-8-12-15-21(22)20(4-2)16-17-23-18-19-13-10-9-11-14-19/h4,9-11,13-14,21-22H,3,5-8,12,15-18H2,1-2H3/b20-4+. The third kappa shape index (κ3) is 9.58. The average molecular weight is 319 g/mol. The van der Waals surface area contributed by atoms with E-state index in [0.29, 0.717) is 13.2 Å². The molecule has 2 nitrogen and oxygen atoms in total. The van der Waals surface area contributed by atoms with Crippen molar-refractivity contribution in [2.24, 2.45) is 0 Å². The Balaban J connectivity index is 2.12. The molecule has 1 atom stereocenters. The molecule has 2 heteroatoms. The van der Waals surface area contributed by atoms with Crippen LogP contribution in [0.4, 0.5) is 0 Å². The normalized spacial score (nSPS) is 13.3. The molecule has 1 N–H and O–H groups in total. The molecule has 0 fully saturated rings. The molecule has 1 aromatic rings. The number of ether oxygens (including phenoxy) is 1. The van der Waals surface area contributed by atoms with Gasteiger partial charge in [-0.05, 0) is 30.9 Å². The fourth-order valence-electron chi connectivity index (χ4n) is 2.76. The van der Waals surface area contributed by atoms with Gasteiger partial charge in [0.1, 0.15) is 0 Å². The Morgan fingerprint density at radius 1 is 1.09 bits per heavy atom. The summed E-state index contributed by atoms with van der Waals surface area (Å²) in [6.45, 7) is 5.56. The maximum absolute atomic E-state index is 10.3. The summed E-state index contributed by atoms with van der Waals surface area (Å²) >= 11 is 0. The van der Waals surface area contributed by atoms with E-state index in [1.165, 1.54) is 37.7 Å². The minimum absolute atomic E-state index is 0.300. The number of allylic oxidation sites excluding steroid dienone is 1. The summed E-state index contributed by atoms with van der Waals surface area (Å²) in [7, 11) is 0. The summed E-state index contributed by atoms with van der Waals surface area (Å²) < 4.78 is 5.72. The minimum atomic E-state index is -0.300. The van der Waals surface area contributed by atoms with E-state index in [0.717, 1.165) is 24.8 Å². The molecule has 0 amide bonds. The van der Waals surface area contributed by atoms with Gasteiger partial charge in [0.25, 0.3) is 0 Å². The first-order chi connectivity index (χ1) is 11.3. The van der Waals surface area contributed by atoms with Crippen LogP contribution in [0.5, 0.6) is 0 Å². The van der Waals surface area contributed by atoms with Crippen LogP contribution in [0.25, 0.3) is 0 Å². The highest BCUT2D eigenvalue weighted by Crippen LogP contribution is 2.16. The Hall–Kier alpha value is -1.12. The van der Waals surface area contributed by atoms with E-state index in [4.69, 9.17) is 4.74 Å². The molecule has 0 aliphatic carbocycles. The summed E-state index contributed by atoms with van der Waals surface area (Å²) in [5.74, 6) is 0. The topological polar surface area (TPSA) is 29.5 Å². The molecule has 0 bridgehead atoms. The molecular weight excluding hydrogens is 284 g/mol. The molecule has 0 heterocycles. The van der Waals surface area contributed by atoms with Gasteiger partial charge in [-0.2, -0.15) is 0 Å². The van der Waals surface area contributed by atoms with Crippen LogP contribution in [0.1, 0.15) is 70.8 Å². The second-order valence-electron chi connectivity index (χ2n) is 6.22. The van der Waals surface area contributed by atoms with Crippen LogP contribution in [0, 0.1) is 0 Å². The van der Waals surface area contributed by atoms with Crippen molar-refractivity contribution in [3.05, 3.63) is 47.5 Å². The summed E-state index contributed by atoms with van der Waals surface area (Å²) in [5.41, 5.74) is 2.31. The molecule has 0 aliphatic heterocycles. The van der Waals surface area contributed by atoms with Crippen molar-refractivity contribution in [2.75, 3.05) is 6.61 Å². The van der Waals surface area contributed by atoms with Crippen molar-refractivity contribution in [1.82, 2.24) is 0 Å². The molecule has 0 saturated heterocycles. The van der Waals surface area contributed by atoms with E-state index in [-0.39, 0.29) is 6.10 Å². The van der Waals surface area contributed by atoms with Crippen molar-refractivity contribution < 1.29 is 9.84 Å². The van der Waals surface area contributed by atoms with Gasteiger partial charge < -0.3 is 9.84 Å². The summed E-state index contributed by atoms with van der Waals surface area (Å²) in [4.78, 5) is 0. The zero-order chi connectivity index (χ0) is 16.8. The Morgan fingerprint density at radius 2 is 1.78 bits per heavy atom. The monoisotopic (exact) mass is 318 g/mol. The number of benzene rings is 1. The molecule has 0 radical (unpaired) electrons. The second-order valence-corrected chi connectivity index (χ2v) is 6.22. The third-order valence-electron chi connectivity index (χ3n) is 4.28. The number of aliphatic hydroxyl groups excluding tert-OH is 1. The van der Waals surface area contributed by atoms with Gasteiger partial charge >= 0.3 is 0 Å². The maximum atomic E-state index is 10.3. The molecule has 0 aromatic heterocycles. The van der Waals surface area contributed by atoms with Crippen molar-refractivity contribution >= 4 is 0 Å². The highest BCUT2D eigenvalue weighted by Gasteiger charge is 2.09. The van der Waals surface area contributed by atoms with Crippen molar-refractivity contribution in [3.8, 4) is 0 Å². The molecule has 1 rings (SSSR count). The van der Waals surface area contributed by atoms with E-state index < -0.39 is 0 Å². The lowest BCUT2D eigenvalue weighted by Gasteiger charge is -2.15. The predicted octanol–water partition coefficient (Wildman–Crippen LogP) is 5.65. The fraction of sp³-hybridized carbons (Fsp3) is 0.619. The Kier molecular flexibility index (Phi) is 11.5. The predicted molar refractivity (Wildman–Crippen MR) is 98.5 cm³/mol. The number of aliphatic hydroxyl groups is 1. The van der Waals surface area contributed by atoms with Crippen molar-refractivity contribution in [1.29, 1.82) is 0 Å². The van der Waals surface area contributed by atoms with Crippen LogP contribution in [0.2, 0.25) is 0 Å². The van der Waals surface area contributed by atoms with E-state index in [1.54, 1.807) is 0 Å². The van der Waals surface area contributed by atoms with Gasteiger partial charge in [0.2, 0.25) is 0 Å². The highest BCUT2D eigenvalue weighted by atomic mass is 16.5. The number of hydrogen-bond acceptors (Lipinski definition) is 2. The van der Waals surface area contributed by atoms with Crippen molar-refractivity contribution in [3.63, 3.8) is 0 Å². The zero-order valence-corrected chi connectivity index (χ0v) is 15.0. The number of rotatable bonds is 13. The van der Waals surface area contributed by atoms with Gasteiger partial charge in [0, 0.05) is 0 Å². The third-order valence-corrected chi connectivity index (χ3v) is 4.28. The molecule has 0 saturated carbocycles. The average Bonchev–Trinajstić information content (AvgIpc) is 2.59. The minimum Gasteiger partial charge on any atom is -0.389 e. The Morgan fingerprint density at radius 3 is 2.48 bits per heavy atom. The highest BCUT2D eigenvalue weighted by molar-refractivity contribution is 5.13. The molecule has 0 spiro atoms. The van der Waals surface area contributed by atoms with Crippen LogP contribution >= 0.6 is 0 Å². The van der Waals surface area contributed by atoms with E-state index >= 15 is 0 Å². The largest absolute Gasteiger partial charge is 0.389 e. The van der Waals surface area contributed by atoms with Crippen LogP contribution < -0.4 is 0 Å². The lowest BCUT2D eigenvalue weighted by Crippen LogP contribution is -2.12. The lowest BCUT2D eigenvalue weighted by molar-refractivity contribution is 0.115. The van der Waals surface area contributed by atoms with Gasteiger partial charge in [-0.3, -0.25) is 0 Å².